The van der Waals surface area contributed by atoms with Crippen molar-refractivity contribution in [1.29, 1.82) is 0 Å². The zero-order valence-electron chi connectivity index (χ0n) is 16.9. The predicted molar refractivity (Wildman–Crippen MR) is 103 cm³/mol. The Morgan fingerprint density at radius 2 is 1.50 bits per heavy atom. The first-order valence-electron chi connectivity index (χ1n) is 11.1. The van der Waals surface area contributed by atoms with E-state index in [0.29, 0.717) is 19.8 Å². The van der Waals surface area contributed by atoms with Crippen LogP contribution in [0.4, 0.5) is 0 Å². The van der Waals surface area contributed by atoms with Crippen molar-refractivity contribution in [2.45, 2.75) is 70.5 Å². The van der Waals surface area contributed by atoms with E-state index in [-0.39, 0.29) is 11.7 Å². The zero-order valence-corrected chi connectivity index (χ0v) is 16.9. The highest BCUT2D eigenvalue weighted by molar-refractivity contribution is 5.03. The molecule has 4 bridgehead atoms. The second-order valence-electron chi connectivity index (χ2n) is 10.3. The molecule has 5 fully saturated rings. The third-order valence-electron chi connectivity index (χ3n) is 7.34. The lowest BCUT2D eigenvalue weighted by atomic mass is 9.54. The van der Waals surface area contributed by atoms with Crippen LogP contribution in [-0.2, 0) is 9.47 Å². The SMILES string of the molecule is CC1CC(C)CN(CC(O)COCCOC23CC4CC(CC(C4)C2)C3)C1. The summed E-state index contributed by atoms with van der Waals surface area (Å²) in [6, 6.07) is 0. The van der Waals surface area contributed by atoms with Gasteiger partial charge in [0.2, 0.25) is 0 Å². The summed E-state index contributed by atoms with van der Waals surface area (Å²) < 4.78 is 12.1. The minimum absolute atomic E-state index is 0.177. The van der Waals surface area contributed by atoms with Gasteiger partial charge in [-0.3, -0.25) is 0 Å². The highest BCUT2D eigenvalue weighted by atomic mass is 16.5. The minimum Gasteiger partial charge on any atom is -0.389 e. The molecule has 0 amide bonds. The number of hydrogen-bond donors (Lipinski definition) is 1. The van der Waals surface area contributed by atoms with Gasteiger partial charge in [-0.2, -0.15) is 0 Å². The summed E-state index contributed by atoms with van der Waals surface area (Å²) in [6.45, 7) is 9.32. The number of β-amino-alcohol motifs (C(OH)–C–C–N with tert-alkyl or cyclic N) is 1. The quantitative estimate of drug-likeness (QED) is 0.670. The summed E-state index contributed by atoms with van der Waals surface area (Å²) in [7, 11) is 0. The molecule has 4 heteroatoms. The van der Waals surface area contributed by atoms with Crippen molar-refractivity contribution in [1.82, 2.24) is 4.90 Å². The molecule has 3 atom stereocenters. The molecule has 1 heterocycles. The van der Waals surface area contributed by atoms with E-state index in [2.05, 4.69) is 18.7 Å². The van der Waals surface area contributed by atoms with E-state index in [4.69, 9.17) is 9.47 Å². The van der Waals surface area contributed by atoms with Crippen molar-refractivity contribution >= 4 is 0 Å². The number of piperidine rings is 1. The van der Waals surface area contributed by atoms with Crippen LogP contribution in [0.2, 0.25) is 0 Å². The number of rotatable bonds is 8. The fourth-order valence-electron chi connectivity index (χ4n) is 7.04. The van der Waals surface area contributed by atoms with E-state index < -0.39 is 0 Å². The fraction of sp³-hybridized carbons (Fsp3) is 1.00. The summed E-state index contributed by atoms with van der Waals surface area (Å²) in [5.74, 6) is 4.26. The lowest BCUT2D eigenvalue weighted by Gasteiger charge is -2.56. The summed E-state index contributed by atoms with van der Waals surface area (Å²) >= 11 is 0. The van der Waals surface area contributed by atoms with Gasteiger partial charge in [-0.05, 0) is 74.5 Å². The lowest BCUT2D eigenvalue weighted by molar-refractivity contribution is -0.170. The van der Waals surface area contributed by atoms with Crippen molar-refractivity contribution in [2.75, 3.05) is 39.5 Å². The summed E-state index contributed by atoms with van der Waals surface area (Å²) in [6.07, 6.45) is 9.15. The maximum Gasteiger partial charge on any atom is 0.0900 e. The first-order valence-corrected chi connectivity index (χ1v) is 11.1. The average molecular weight is 366 g/mol. The Hall–Kier alpha value is -0.160. The van der Waals surface area contributed by atoms with Crippen LogP contribution in [0.15, 0.2) is 0 Å². The van der Waals surface area contributed by atoms with Crippen LogP contribution in [0.3, 0.4) is 0 Å². The molecule has 4 aliphatic carbocycles. The number of aliphatic hydroxyl groups is 1. The topological polar surface area (TPSA) is 41.9 Å². The fourth-order valence-corrected chi connectivity index (χ4v) is 7.04. The van der Waals surface area contributed by atoms with E-state index in [0.717, 1.165) is 49.2 Å². The third-order valence-corrected chi connectivity index (χ3v) is 7.34. The Morgan fingerprint density at radius 1 is 0.923 bits per heavy atom. The first-order chi connectivity index (χ1) is 12.5. The van der Waals surface area contributed by atoms with Gasteiger partial charge in [-0.25, -0.2) is 0 Å². The molecule has 4 nitrogen and oxygen atoms in total. The molecule has 1 N–H and O–H groups in total. The summed E-state index contributed by atoms with van der Waals surface area (Å²) in [4.78, 5) is 2.40. The molecular weight excluding hydrogens is 326 g/mol. The molecule has 26 heavy (non-hydrogen) atoms. The van der Waals surface area contributed by atoms with Gasteiger partial charge >= 0.3 is 0 Å². The van der Waals surface area contributed by atoms with Crippen LogP contribution in [0.5, 0.6) is 0 Å². The number of ether oxygens (including phenoxy) is 2. The second-order valence-corrected chi connectivity index (χ2v) is 10.3. The van der Waals surface area contributed by atoms with Gasteiger partial charge in [-0.15, -0.1) is 0 Å². The third kappa shape index (κ3) is 4.63. The number of likely N-dealkylation sites (tertiary alicyclic amines) is 1. The van der Waals surface area contributed by atoms with Crippen LogP contribution in [0.1, 0.15) is 58.8 Å². The Balaban J connectivity index is 1.11. The second kappa shape index (κ2) is 8.06. The Labute approximate surface area is 159 Å². The molecule has 0 aromatic rings. The molecule has 0 aromatic heterocycles. The molecule has 1 saturated heterocycles. The van der Waals surface area contributed by atoms with Crippen molar-refractivity contribution in [2.24, 2.45) is 29.6 Å². The largest absolute Gasteiger partial charge is 0.389 e. The van der Waals surface area contributed by atoms with E-state index in [1.807, 2.05) is 0 Å². The van der Waals surface area contributed by atoms with E-state index in [1.165, 1.54) is 44.9 Å². The zero-order chi connectivity index (χ0) is 18.1. The van der Waals surface area contributed by atoms with Crippen LogP contribution in [0, 0.1) is 29.6 Å². The molecular formula is C22H39NO3. The molecule has 0 spiro atoms. The van der Waals surface area contributed by atoms with Crippen LogP contribution in [0.25, 0.3) is 0 Å². The highest BCUT2D eigenvalue weighted by Gasteiger charge is 2.51. The first kappa shape index (κ1) is 19.2. The van der Waals surface area contributed by atoms with Gasteiger partial charge in [0.05, 0.1) is 31.5 Å². The summed E-state index contributed by atoms with van der Waals surface area (Å²) in [5.41, 5.74) is 0.177. The van der Waals surface area contributed by atoms with Gasteiger partial charge < -0.3 is 19.5 Å². The number of nitrogens with zero attached hydrogens (tertiary/aromatic N) is 1. The van der Waals surface area contributed by atoms with Gasteiger partial charge in [0, 0.05) is 19.6 Å². The molecule has 150 valence electrons. The normalized spacial score (nSPS) is 43.7. The average Bonchev–Trinajstić information content (AvgIpc) is 2.52. The predicted octanol–water partition coefficient (Wildman–Crippen LogP) is 3.33. The number of hydrogen-bond acceptors (Lipinski definition) is 4. The maximum absolute atomic E-state index is 10.3. The Bertz CT molecular complexity index is 423. The molecule has 3 unspecified atom stereocenters. The highest BCUT2D eigenvalue weighted by Crippen LogP contribution is 2.57. The van der Waals surface area contributed by atoms with E-state index >= 15 is 0 Å². The van der Waals surface area contributed by atoms with Gasteiger partial charge in [0.1, 0.15) is 0 Å². The van der Waals surface area contributed by atoms with Crippen molar-refractivity contribution < 1.29 is 14.6 Å². The minimum atomic E-state index is -0.382. The van der Waals surface area contributed by atoms with Crippen molar-refractivity contribution in [3.05, 3.63) is 0 Å². The van der Waals surface area contributed by atoms with Crippen LogP contribution >= 0.6 is 0 Å². The Morgan fingerprint density at radius 3 is 2.08 bits per heavy atom. The van der Waals surface area contributed by atoms with Crippen molar-refractivity contribution in [3.8, 4) is 0 Å². The number of aliphatic hydroxyl groups excluding tert-OH is 1. The monoisotopic (exact) mass is 365 g/mol. The summed E-state index contributed by atoms with van der Waals surface area (Å²) in [5, 5.41) is 10.3. The van der Waals surface area contributed by atoms with Crippen molar-refractivity contribution in [3.63, 3.8) is 0 Å². The van der Waals surface area contributed by atoms with Crippen LogP contribution < -0.4 is 0 Å². The Kier molecular flexibility index (Phi) is 5.95. The van der Waals surface area contributed by atoms with Gasteiger partial charge in [-0.1, -0.05) is 13.8 Å². The maximum atomic E-state index is 10.3. The smallest absolute Gasteiger partial charge is 0.0900 e. The molecule has 5 aliphatic rings. The molecule has 0 aromatic carbocycles. The van der Waals surface area contributed by atoms with Gasteiger partial charge in [0.25, 0.3) is 0 Å². The van der Waals surface area contributed by atoms with E-state index in [1.54, 1.807) is 0 Å². The van der Waals surface area contributed by atoms with Gasteiger partial charge in [0.15, 0.2) is 0 Å². The molecule has 1 aliphatic heterocycles. The lowest BCUT2D eigenvalue weighted by Crippen LogP contribution is -2.52. The standard InChI is InChI=1S/C22H39NO3/c1-16-5-17(2)13-23(12-16)14-21(24)15-25-3-4-26-22-9-18-6-19(10-22)8-20(7-18)11-22/h16-21,24H,3-15H2,1-2H3. The van der Waals surface area contributed by atoms with Crippen LogP contribution in [-0.4, -0.2) is 61.2 Å². The van der Waals surface area contributed by atoms with E-state index in [9.17, 15) is 5.11 Å². The molecule has 5 rings (SSSR count). The molecule has 0 radical (unpaired) electrons. The molecule has 4 saturated carbocycles.